The van der Waals surface area contributed by atoms with Crippen LogP contribution in [-0.4, -0.2) is 0 Å². The van der Waals surface area contributed by atoms with Crippen molar-refractivity contribution in [3.05, 3.63) is 247 Å². The van der Waals surface area contributed by atoms with Crippen LogP contribution in [0.2, 0.25) is 0 Å². The summed E-state index contributed by atoms with van der Waals surface area (Å²) in [5.41, 5.74) is 13.0. The molecule has 2 heterocycles. The van der Waals surface area contributed by atoms with E-state index in [0.29, 0.717) is 0 Å². The zero-order valence-corrected chi connectivity index (χ0v) is 39.9. The topological polar surface area (TPSA) is 6.48 Å². The van der Waals surface area contributed by atoms with E-state index in [9.17, 15) is 0 Å². The molecule has 0 saturated carbocycles. The molecular weight excluding hydrogens is 885 g/mol. The first-order chi connectivity index (χ1) is 34.7. The average molecular weight is 929 g/mol. The highest BCUT2D eigenvalue weighted by molar-refractivity contribution is 7.26. The molecule has 1 aliphatic rings. The summed E-state index contributed by atoms with van der Waals surface area (Å²) in [6, 6.07) is 85.4. The monoisotopic (exact) mass is 928 g/mol. The fraction of sp³-hybridized carbons (Fsp3) is 0.0303. The van der Waals surface area contributed by atoms with Crippen molar-refractivity contribution in [2.24, 2.45) is 0 Å². The van der Waals surface area contributed by atoms with Gasteiger partial charge < -0.3 is 9.80 Å². The first kappa shape index (κ1) is 40.8. The number of benzene rings is 11. The average Bonchev–Trinajstić information content (AvgIpc) is 4.01. The number of rotatable bonds is 8. The van der Waals surface area contributed by atoms with Crippen LogP contribution in [0.1, 0.15) is 16.9 Å². The number of aryl methyl sites for hydroxylation is 1. The second kappa shape index (κ2) is 16.7. The molecule has 0 fully saturated rings. The van der Waals surface area contributed by atoms with Crippen molar-refractivity contribution in [2.75, 3.05) is 9.80 Å². The lowest BCUT2D eigenvalue weighted by atomic mass is 9.92. The highest BCUT2D eigenvalue weighted by atomic mass is 32.1. The molecule has 0 N–H and O–H groups in total. The first-order valence-corrected chi connectivity index (χ1v) is 25.8. The summed E-state index contributed by atoms with van der Waals surface area (Å²) in [5, 5.41) is 11.0. The van der Waals surface area contributed by atoms with E-state index in [1.54, 1.807) is 0 Å². The van der Waals surface area contributed by atoms with E-state index >= 15 is 0 Å². The zero-order valence-electron chi connectivity index (χ0n) is 38.2. The van der Waals surface area contributed by atoms with Gasteiger partial charge in [0.1, 0.15) is 0 Å². The number of allylic oxidation sites excluding steroid dienone is 1. The van der Waals surface area contributed by atoms with Gasteiger partial charge in [-0.05, 0) is 118 Å². The van der Waals surface area contributed by atoms with E-state index in [-0.39, 0.29) is 0 Å². The number of anilines is 6. The Morgan fingerprint density at radius 3 is 1.41 bits per heavy atom. The standard InChI is InChI=1S/C66H44N2S2/c1-3-23-47(24-4-1)67(49-27-15-21-45(39-49)51-33-17-35-57-53-29-11-13-37-61(53)69-65(51)57)63-55-31-9-10-32-56(55)64(60-42-44-20-8-7-19-43(44)41-59(60)63)68(48-25-5-2-6-26-48)50-28-16-22-46(40-50)52-34-18-36-58-54-30-12-14-38-62(54)70-66(52)58/h1-13,15-37,39-42H,14,38H2. The molecule has 0 saturated heterocycles. The van der Waals surface area contributed by atoms with Crippen molar-refractivity contribution >= 4 is 125 Å². The third-order valence-electron chi connectivity index (χ3n) is 14.2. The van der Waals surface area contributed by atoms with Gasteiger partial charge in [-0.2, -0.15) is 0 Å². The molecule has 1 aliphatic carbocycles. The Morgan fingerprint density at radius 2 is 0.814 bits per heavy atom. The Labute approximate surface area is 414 Å². The molecule has 13 aromatic rings. The molecule has 0 radical (unpaired) electrons. The maximum absolute atomic E-state index is 2.51. The predicted molar refractivity (Wildman–Crippen MR) is 305 cm³/mol. The summed E-state index contributed by atoms with van der Waals surface area (Å²) >= 11 is 3.85. The molecule has 2 nitrogen and oxygen atoms in total. The normalized spacial score (nSPS) is 12.4. The Kier molecular flexibility index (Phi) is 9.75. The number of thiophene rings is 2. The van der Waals surface area contributed by atoms with Crippen LogP contribution in [0.25, 0.3) is 90.9 Å². The summed E-state index contributed by atoms with van der Waals surface area (Å²) in [4.78, 5) is 6.50. The minimum atomic E-state index is 1.10. The SMILES string of the molecule is C1=Cc2c(sc3c(-c4cccc(N(c5ccccc5)c5c6ccccc6c(N(c6ccccc6)c6cccc(-c7cccc8c7sc7ccccc78)c6)c6cc7ccccc7cc56)c4)cccc23)CC1. The summed E-state index contributed by atoms with van der Waals surface area (Å²) < 4.78 is 3.98. The van der Waals surface area contributed by atoms with Gasteiger partial charge >= 0.3 is 0 Å². The number of hydrogen-bond acceptors (Lipinski definition) is 4. The van der Waals surface area contributed by atoms with E-state index in [4.69, 9.17) is 0 Å². The molecule has 0 unspecified atom stereocenters. The van der Waals surface area contributed by atoms with Gasteiger partial charge in [-0.1, -0.05) is 176 Å². The van der Waals surface area contributed by atoms with E-state index in [1.807, 2.05) is 22.7 Å². The van der Waals surface area contributed by atoms with Crippen LogP contribution in [-0.2, 0) is 6.42 Å². The van der Waals surface area contributed by atoms with E-state index < -0.39 is 0 Å². The number of hydrogen-bond donors (Lipinski definition) is 0. The van der Waals surface area contributed by atoms with Crippen LogP contribution in [0.3, 0.4) is 0 Å². The van der Waals surface area contributed by atoms with Crippen molar-refractivity contribution < 1.29 is 0 Å². The molecule has 70 heavy (non-hydrogen) atoms. The largest absolute Gasteiger partial charge is 0.309 e. The van der Waals surface area contributed by atoms with Gasteiger partial charge in [-0.15, -0.1) is 22.7 Å². The van der Waals surface area contributed by atoms with Gasteiger partial charge in [-0.25, -0.2) is 0 Å². The predicted octanol–water partition coefficient (Wildman–Crippen LogP) is 20.0. The maximum atomic E-state index is 2.51. The first-order valence-electron chi connectivity index (χ1n) is 24.1. The van der Waals surface area contributed by atoms with E-state index in [1.165, 1.54) is 95.3 Å². The highest BCUT2D eigenvalue weighted by Crippen LogP contribution is 2.53. The van der Waals surface area contributed by atoms with Crippen molar-refractivity contribution in [1.82, 2.24) is 0 Å². The van der Waals surface area contributed by atoms with Crippen LogP contribution in [0.15, 0.2) is 237 Å². The minimum Gasteiger partial charge on any atom is -0.309 e. The van der Waals surface area contributed by atoms with Crippen LogP contribution in [0.4, 0.5) is 34.1 Å². The van der Waals surface area contributed by atoms with Crippen molar-refractivity contribution in [2.45, 2.75) is 12.8 Å². The lowest BCUT2D eigenvalue weighted by Crippen LogP contribution is -2.14. The van der Waals surface area contributed by atoms with Crippen molar-refractivity contribution in [1.29, 1.82) is 0 Å². The summed E-state index contributed by atoms with van der Waals surface area (Å²) in [6.07, 6.45) is 6.87. The molecule has 4 heteroatoms. The smallest absolute Gasteiger partial charge is 0.0620 e. The number of nitrogens with zero attached hydrogens (tertiary/aromatic N) is 2. The summed E-state index contributed by atoms with van der Waals surface area (Å²) in [7, 11) is 0. The Bertz CT molecular complexity index is 4200. The molecule has 0 amide bonds. The zero-order chi connectivity index (χ0) is 46.1. The molecule has 330 valence electrons. The molecular formula is C66H44N2S2. The highest BCUT2D eigenvalue weighted by Gasteiger charge is 2.27. The lowest BCUT2D eigenvalue weighted by molar-refractivity contribution is 1.02. The second-order valence-corrected chi connectivity index (χ2v) is 20.4. The third-order valence-corrected chi connectivity index (χ3v) is 16.7. The molecule has 0 spiro atoms. The van der Waals surface area contributed by atoms with Crippen LogP contribution < -0.4 is 9.80 Å². The van der Waals surface area contributed by atoms with E-state index in [2.05, 4.69) is 252 Å². The Balaban J connectivity index is 1.03. The van der Waals surface area contributed by atoms with Gasteiger partial charge in [0.05, 0.1) is 11.4 Å². The van der Waals surface area contributed by atoms with Crippen LogP contribution in [0.5, 0.6) is 0 Å². The lowest BCUT2D eigenvalue weighted by Gasteiger charge is -2.33. The van der Waals surface area contributed by atoms with Gasteiger partial charge in [0, 0.05) is 79.4 Å². The minimum absolute atomic E-state index is 1.10. The van der Waals surface area contributed by atoms with Crippen LogP contribution >= 0.6 is 22.7 Å². The number of para-hydroxylation sites is 2. The van der Waals surface area contributed by atoms with Crippen LogP contribution in [0, 0.1) is 0 Å². The van der Waals surface area contributed by atoms with Gasteiger partial charge in [-0.3, -0.25) is 0 Å². The quantitative estimate of drug-likeness (QED) is 0.111. The fourth-order valence-electron chi connectivity index (χ4n) is 11.1. The van der Waals surface area contributed by atoms with Gasteiger partial charge in [0.2, 0.25) is 0 Å². The van der Waals surface area contributed by atoms with Gasteiger partial charge in [0.25, 0.3) is 0 Å². The Morgan fingerprint density at radius 1 is 0.343 bits per heavy atom. The Hall–Kier alpha value is -8.28. The van der Waals surface area contributed by atoms with Gasteiger partial charge in [0.15, 0.2) is 0 Å². The molecule has 0 bridgehead atoms. The molecule has 11 aromatic carbocycles. The van der Waals surface area contributed by atoms with Crippen molar-refractivity contribution in [3.8, 4) is 22.3 Å². The maximum Gasteiger partial charge on any atom is 0.0620 e. The molecule has 14 rings (SSSR count). The molecule has 2 aromatic heterocycles. The molecule has 0 atom stereocenters. The molecule has 0 aliphatic heterocycles. The fourth-order valence-corrected chi connectivity index (χ4v) is 13.6. The third kappa shape index (κ3) is 6.67. The number of fused-ring (bicyclic) bond motifs is 9. The summed E-state index contributed by atoms with van der Waals surface area (Å²) in [6.45, 7) is 0. The summed E-state index contributed by atoms with van der Waals surface area (Å²) in [5.74, 6) is 0. The second-order valence-electron chi connectivity index (χ2n) is 18.3. The van der Waals surface area contributed by atoms with E-state index in [0.717, 1.165) is 47.0 Å². The van der Waals surface area contributed by atoms with Crippen molar-refractivity contribution in [3.63, 3.8) is 0 Å².